The van der Waals surface area contributed by atoms with Crippen LogP contribution in [-0.4, -0.2) is 181 Å². The predicted molar refractivity (Wildman–Crippen MR) is 296 cm³/mol. The van der Waals surface area contributed by atoms with Crippen LogP contribution in [0.2, 0.25) is 0 Å². The van der Waals surface area contributed by atoms with E-state index in [1.807, 2.05) is 42.5 Å². The number of aliphatic hydroxyl groups is 3. The minimum atomic E-state index is -1.46. The first-order valence-electron chi connectivity index (χ1n) is 27.9. The Kier molecular flexibility index (Phi) is 16.6. The van der Waals surface area contributed by atoms with Gasteiger partial charge >= 0.3 is 0 Å². The molecule has 11 rings (SSSR count). The van der Waals surface area contributed by atoms with Gasteiger partial charge in [-0.3, -0.25) is 18.7 Å². The molecule has 0 radical (unpaired) electrons. The first kappa shape index (κ1) is 55.0. The van der Waals surface area contributed by atoms with E-state index in [-0.39, 0.29) is 36.5 Å². The summed E-state index contributed by atoms with van der Waals surface area (Å²) in [5.74, 6) is 1.96. The van der Waals surface area contributed by atoms with Crippen molar-refractivity contribution in [2.45, 2.75) is 152 Å². The van der Waals surface area contributed by atoms with Crippen LogP contribution in [0, 0.1) is 0 Å². The summed E-state index contributed by atoms with van der Waals surface area (Å²) in [5, 5.41) is 59.5. The molecule has 0 unspecified atom stereocenters. The molecule has 7 aromatic heterocycles. The summed E-state index contributed by atoms with van der Waals surface area (Å²) in [6.07, 6.45) is 12.1. The molecule has 432 valence electrons. The fraction of sp³-hybridized carbons (Fsp3) is 0.588. The number of rotatable bonds is 22. The lowest BCUT2D eigenvalue weighted by Crippen LogP contribution is -2.42. The van der Waals surface area contributed by atoms with E-state index in [0.29, 0.717) is 96.8 Å². The van der Waals surface area contributed by atoms with E-state index in [2.05, 4.69) is 67.5 Å². The fourth-order valence-electron chi connectivity index (χ4n) is 11.1. The second kappa shape index (κ2) is 24.4. The van der Waals surface area contributed by atoms with Crippen LogP contribution in [0.4, 0.5) is 35.4 Å². The van der Waals surface area contributed by atoms with Crippen molar-refractivity contribution in [1.29, 1.82) is 0 Å². The molecule has 0 spiro atoms. The number of anilines is 6. The van der Waals surface area contributed by atoms with E-state index < -0.39 is 48.9 Å². The van der Waals surface area contributed by atoms with Crippen LogP contribution in [0.3, 0.4) is 0 Å². The van der Waals surface area contributed by atoms with Gasteiger partial charge in [-0.1, -0.05) is 0 Å². The quantitative estimate of drug-likeness (QED) is 0.0453. The van der Waals surface area contributed by atoms with Crippen LogP contribution < -0.4 is 42.5 Å². The first-order valence-corrected chi connectivity index (χ1v) is 27.9. The lowest BCUT2D eigenvalue weighted by atomic mass is 9.91. The van der Waals surface area contributed by atoms with E-state index in [4.69, 9.17) is 39.4 Å². The summed E-state index contributed by atoms with van der Waals surface area (Å²) in [7, 11) is 3.85. The maximum atomic E-state index is 12.7. The Labute approximate surface area is 465 Å². The van der Waals surface area contributed by atoms with Crippen LogP contribution in [0.15, 0.2) is 44.0 Å². The minimum absolute atomic E-state index is 0.0408. The molecule has 4 fully saturated rings. The van der Waals surface area contributed by atoms with E-state index in [1.54, 1.807) is 30.5 Å². The van der Waals surface area contributed by atoms with Gasteiger partial charge in [0, 0.05) is 96.1 Å². The topological polar surface area (TPSA) is 371 Å². The van der Waals surface area contributed by atoms with Crippen LogP contribution in [0.5, 0.6) is 0 Å². The number of hydrogen-bond acceptors (Lipinski definition) is 24. The van der Waals surface area contributed by atoms with Gasteiger partial charge in [0.15, 0.2) is 52.5 Å². The summed E-state index contributed by atoms with van der Waals surface area (Å²) in [6, 6.07) is 0.343. The van der Waals surface area contributed by atoms with E-state index in [1.165, 1.54) is 17.2 Å². The first-order chi connectivity index (χ1) is 39.4. The van der Waals surface area contributed by atoms with Gasteiger partial charge < -0.3 is 76.5 Å². The van der Waals surface area contributed by atoms with Gasteiger partial charge in [-0.05, 0) is 65.2 Å². The zero-order chi connectivity index (χ0) is 56.1. The summed E-state index contributed by atoms with van der Waals surface area (Å²) in [5.41, 5.74) is 3.64. The highest BCUT2D eigenvalue weighted by molar-refractivity contribution is 5.86. The highest BCUT2D eigenvalue weighted by Gasteiger charge is 2.48. The normalized spacial score (nSPS) is 25.7. The van der Waals surface area contributed by atoms with Gasteiger partial charge in [-0.2, -0.15) is 24.9 Å². The Balaban J connectivity index is 0.700. The summed E-state index contributed by atoms with van der Waals surface area (Å²) in [6.45, 7) is 5.42. The number of imidazole rings is 4. The molecule has 81 heavy (non-hydrogen) atoms. The van der Waals surface area contributed by atoms with Crippen molar-refractivity contribution in [3.63, 3.8) is 0 Å². The largest absolute Gasteiger partial charge is 0.388 e. The second-order valence-corrected chi connectivity index (χ2v) is 21.2. The molecule has 2 amide bonds. The number of hydrogen-bond donors (Lipinski definition) is 11. The molecule has 2 saturated carbocycles. The highest BCUT2D eigenvalue weighted by atomic mass is 16.6. The van der Waals surface area contributed by atoms with Crippen molar-refractivity contribution in [3.05, 3.63) is 55.4 Å². The Hall–Kier alpha value is -7.93. The third-order valence-corrected chi connectivity index (χ3v) is 15.2. The van der Waals surface area contributed by atoms with Crippen LogP contribution in [0.1, 0.15) is 95.5 Å². The average molecular weight is 1120 g/mol. The fourth-order valence-corrected chi connectivity index (χ4v) is 11.1. The van der Waals surface area contributed by atoms with Crippen molar-refractivity contribution >= 4 is 69.6 Å². The van der Waals surface area contributed by atoms with Gasteiger partial charge in [0.1, 0.15) is 30.7 Å². The Morgan fingerprint density at radius 2 is 1.04 bits per heavy atom. The number of carbonyl (C=O) groups excluding carboxylic acids is 2. The molecule has 2 aliphatic carbocycles. The highest BCUT2D eigenvalue weighted by Crippen LogP contribution is 2.36. The number of nitrogens with one attached hydrogen (secondary N) is 8. The van der Waals surface area contributed by atoms with E-state index >= 15 is 0 Å². The summed E-state index contributed by atoms with van der Waals surface area (Å²) in [4.78, 5) is 76.7. The van der Waals surface area contributed by atoms with Crippen molar-refractivity contribution in [2.75, 3.05) is 58.1 Å². The summed E-state index contributed by atoms with van der Waals surface area (Å²) < 4.78 is 19.0. The van der Waals surface area contributed by atoms with Crippen molar-refractivity contribution < 1.29 is 34.4 Å². The zero-order valence-electron chi connectivity index (χ0n) is 45.7. The van der Waals surface area contributed by atoms with Crippen LogP contribution in [0.25, 0.3) is 22.3 Å². The van der Waals surface area contributed by atoms with Gasteiger partial charge in [0.25, 0.3) is 5.91 Å². The molecule has 11 N–H and O–H groups in total. The third kappa shape index (κ3) is 12.5. The molecule has 30 nitrogen and oxygen atoms in total. The Bertz CT molecular complexity index is 3280. The lowest BCUT2D eigenvalue weighted by Gasteiger charge is -2.31. The number of fused-ring (bicyclic) bond motifs is 2. The molecule has 2 saturated heterocycles. The van der Waals surface area contributed by atoms with Gasteiger partial charge in [-0.15, -0.1) is 0 Å². The van der Waals surface area contributed by atoms with Crippen molar-refractivity contribution in [3.8, 4) is 0 Å². The molecular weight excluding hydrogens is 1050 g/mol. The Morgan fingerprint density at radius 1 is 0.556 bits per heavy atom. The molecule has 4 aliphatic rings. The van der Waals surface area contributed by atoms with E-state index in [0.717, 1.165) is 62.8 Å². The second-order valence-electron chi connectivity index (χ2n) is 21.2. The number of ether oxygens (including phenoxy) is 2. The van der Waals surface area contributed by atoms with Crippen LogP contribution >= 0.6 is 0 Å². The number of nitrogens with zero attached hydrogens (tertiary/aromatic N) is 15. The maximum Gasteiger partial charge on any atom is 0.252 e. The minimum Gasteiger partial charge on any atom is -0.388 e. The molecule has 7 aromatic rings. The number of aromatic nitrogens is 15. The van der Waals surface area contributed by atoms with Gasteiger partial charge in [-0.25, -0.2) is 29.9 Å². The van der Waals surface area contributed by atoms with Crippen LogP contribution in [-0.2, 0) is 46.0 Å². The Morgan fingerprint density at radius 3 is 1.52 bits per heavy atom. The standard InChI is InChI=1S/C51H71N23O7/c1-5-52-44(78)34-19-33(75)46(80-34)73-25-60-35-40(66-48(68-42(35)73)54-17-15-31-20-71(3)23-58-31)62-27-7-11-29(12-8-27)64-50-56-22-57-51(70-50)65-30-13-9-28(10-14-30)63-41-36-43(69-49(67-41)55-18-16-32-21-72(4)24-59-32)74(26-61-36)47-38(77)37(76)39(81-47)45(79)53-6-2/h20-30,33-34,37-39,46-47,75-77H,5-19H2,1-4H3,(H,52,78)(H,53,79)(H2,54,62,66,68)(H2,55,63,67,69)(H2,56,57,64,65,70)/t27?,28?,29?,30?,33-,34+,37+,38-,39+,46-,47-/m1/s1. The van der Waals surface area contributed by atoms with Crippen molar-refractivity contribution in [2.24, 2.45) is 14.1 Å². The molecule has 9 heterocycles. The lowest BCUT2D eigenvalue weighted by molar-refractivity contribution is -0.137. The number of likely N-dealkylation sites (N-methyl/N-ethyl adjacent to an activating group) is 2. The molecule has 30 heteroatoms. The predicted octanol–water partition coefficient (Wildman–Crippen LogP) is 1.14. The number of aryl methyl sites for hydroxylation is 2. The number of carbonyl (C=O) groups is 2. The van der Waals surface area contributed by atoms with E-state index in [9.17, 15) is 24.9 Å². The molecule has 0 bridgehead atoms. The van der Waals surface area contributed by atoms with Gasteiger partial charge in [0.05, 0.1) is 36.7 Å². The number of aliphatic hydroxyl groups excluding tert-OH is 3. The number of amides is 2. The average Bonchev–Trinajstić information content (AvgIpc) is 4.40. The molecule has 0 aromatic carbocycles. The third-order valence-electron chi connectivity index (χ3n) is 15.2. The maximum absolute atomic E-state index is 12.7. The molecule has 2 aliphatic heterocycles. The molecule has 7 atom stereocenters. The smallest absolute Gasteiger partial charge is 0.252 e. The zero-order valence-corrected chi connectivity index (χ0v) is 45.7. The molecular formula is C51H71N23O7. The SMILES string of the molecule is CCNC(=O)[C@@H]1C[C@@H](O)[C@H](n2cnc3c(NC4CCC(Nc5ncnc(NC6CCC(Nc7nc(NCCc8cn(C)cn8)nc8c7ncn8[C@@H]7O[C@H](C(=O)NCC)[C@@H](O)[C@H]7O)CC6)n5)CC4)nc(NCCc4cn(C)cn4)nc32)O1. The summed E-state index contributed by atoms with van der Waals surface area (Å²) >= 11 is 0. The monoisotopic (exact) mass is 1120 g/mol. The van der Waals surface area contributed by atoms with Gasteiger partial charge in [0.2, 0.25) is 29.7 Å². The van der Waals surface area contributed by atoms with Crippen molar-refractivity contribution in [1.82, 2.24) is 83.7 Å².